The lowest BCUT2D eigenvalue weighted by atomic mass is 9.87. The molecule has 0 bridgehead atoms. The Balaban J connectivity index is 0.000000316. The number of halogens is 2. The molecular formula is C25H26F2O5S2. The molecule has 3 aromatic rings. The van der Waals surface area contributed by atoms with Gasteiger partial charge in [0, 0.05) is 0 Å². The molecule has 0 radical (unpaired) electrons. The van der Waals surface area contributed by atoms with Crippen molar-refractivity contribution >= 4 is 27.0 Å². The Kier molecular flexibility index (Phi) is 8.99. The summed E-state index contributed by atoms with van der Waals surface area (Å²) in [4.78, 5) is 14.0. The van der Waals surface area contributed by atoms with Crippen LogP contribution in [-0.4, -0.2) is 31.3 Å². The number of methoxy groups -OCH3 is 1. The highest BCUT2D eigenvalue weighted by molar-refractivity contribution is 7.97. The van der Waals surface area contributed by atoms with Crippen molar-refractivity contribution in [2.45, 2.75) is 46.1 Å². The van der Waals surface area contributed by atoms with Gasteiger partial charge in [0.1, 0.15) is 0 Å². The minimum absolute atomic E-state index is 0.0497. The van der Waals surface area contributed by atoms with E-state index < -0.39 is 21.3 Å². The topological polar surface area (TPSA) is 83.5 Å². The highest BCUT2D eigenvalue weighted by Crippen LogP contribution is 2.32. The number of carbonyl (C=O) groups excluding carboxylic acids is 1. The molecule has 0 aromatic heterocycles. The molecule has 182 valence electrons. The van der Waals surface area contributed by atoms with Crippen LogP contribution in [-0.2, 0) is 36.0 Å². The third-order valence-electron chi connectivity index (χ3n) is 4.65. The SMILES string of the molecule is CC(C)(C)c1ccc([S+](c2ccccc2)c2ccccc2)cc1.COC(=O)C(F)(F)S(=O)(=O)[O-]. The van der Waals surface area contributed by atoms with E-state index in [1.54, 1.807) is 0 Å². The maximum atomic E-state index is 11.9. The Morgan fingerprint density at radius 3 is 1.47 bits per heavy atom. The molecule has 9 heteroatoms. The van der Waals surface area contributed by atoms with Crippen molar-refractivity contribution in [2.24, 2.45) is 0 Å². The van der Waals surface area contributed by atoms with Crippen LogP contribution in [0, 0.1) is 0 Å². The van der Waals surface area contributed by atoms with Gasteiger partial charge in [0.2, 0.25) is 0 Å². The summed E-state index contributed by atoms with van der Waals surface area (Å²) in [7, 11) is -5.48. The fraction of sp³-hybridized carbons (Fsp3) is 0.240. The van der Waals surface area contributed by atoms with Gasteiger partial charge < -0.3 is 9.29 Å². The van der Waals surface area contributed by atoms with E-state index in [2.05, 4.69) is 110 Å². The summed E-state index contributed by atoms with van der Waals surface area (Å²) in [6, 6.07) is 30.7. The van der Waals surface area contributed by atoms with Gasteiger partial charge in [0.25, 0.3) is 0 Å². The quantitative estimate of drug-likeness (QED) is 0.263. The number of hydrogen-bond acceptors (Lipinski definition) is 5. The molecule has 0 amide bonds. The number of hydrogen-bond donors (Lipinski definition) is 0. The minimum Gasteiger partial charge on any atom is -0.743 e. The highest BCUT2D eigenvalue weighted by atomic mass is 32.2. The van der Waals surface area contributed by atoms with Crippen molar-refractivity contribution in [1.29, 1.82) is 0 Å². The molecule has 0 aliphatic heterocycles. The van der Waals surface area contributed by atoms with Crippen LogP contribution in [0.5, 0.6) is 0 Å². The molecule has 34 heavy (non-hydrogen) atoms. The van der Waals surface area contributed by atoms with Crippen molar-refractivity contribution in [3.8, 4) is 0 Å². The molecule has 0 atom stereocenters. The second kappa shape index (κ2) is 11.1. The first-order chi connectivity index (χ1) is 15.8. The van der Waals surface area contributed by atoms with Crippen LogP contribution >= 0.6 is 0 Å². The number of rotatable bonds is 5. The van der Waals surface area contributed by atoms with Gasteiger partial charge in [0.05, 0.1) is 18.0 Å². The van der Waals surface area contributed by atoms with Gasteiger partial charge in [-0.3, -0.25) is 0 Å². The van der Waals surface area contributed by atoms with E-state index in [4.69, 9.17) is 0 Å². The Morgan fingerprint density at radius 1 is 0.794 bits per heavy atom. The van der Waals surface area contributed by atoms with E-state index in [1.807, 2.05) is 0 Å². The molecule has 0 saturated heterocycles. The van der Waals surface area contributed by atoms with Gasteiger partial charge >= 0.3 is 11.2 Å². The Morgan fingerprint density at radius 2 is 1.18 bits per heavy atom. The Bertz CT molecular complexity index is 1140. The number of ether oxygens (including phenoxy) is 1. The fourth-order valence-electron chi connectivity index (χ4n) is 2.83. The second-order valence-electron chi connectivity index (χ2n) is 8.17. The van der Waals surface area contributed by atoms with Crippen molar-refractivity contribution in [3.05, 3.63) is 90.5 Å². The normalized spacial score (nSPS) is 12.0. The van der Waals surface area contributed by atoms with Gasteiger partial charge in [-0.25, -0.2) is 13.2 Å². The molecule has 0 saturated carbocycles. The van der Waals surface area contributed by atoms with Crippen LogP contribution in [0.2, 0.25) is 0 Å². The molecule has 0 N–H and O–H groups in total. The van der Waals surface area contributed by atoms with Crippen LogP contribution in [0.1, 0.15) is 26.3 Å². The zero-order valence-corrected chi connectivity index (χ0v) is 20.8. The van der Waals surface area contributed by atoms with Crippen LogP contribution in [0.4, 0.5) is 8.78 Å². The van der Waals surface area contributed by atoms with Gasteiger partial charge in [0.15, 0.2) is 24.8 Å². The van der Waals surface area contributed by atoms with Crippen molar-refractivity contribution in [2.75, 3.05) is 7.11 Å². The molecule has 3 rings (SSSR count). The highest BCUT2D eigenvalue weighted by Gasteiger charge is 2.48. The number of benzene rings is 3. The zero-order chi connectivity index (χ0) is 25.6. The average molecular weight is 509 g/mol. The second-order valence-corrected chi connectivity index (χ2v) is 11.6. The van der Waals surface area contributed by atoms with Gasteiger partial charge in [-0.15, -0.1) is 0 Å². The van der Waals surface area contributed by atoms with Crippen LogP contribution in [0.15, 0.2) is 99.6 Å². The van der Waals surface area contributed by atoms with E-state index in [0.717, 1.165) is 0 Å². The maximum Gasteiger partial charge on any atom is 0.428 e. The summed E-state index contributed by atoms with van der Waals surface area (Å²) >= 11 is 0. The molecule has 0 aliphatic rings. The summed E-state index contributed by atoms with van der Waals surface area (Å²) in [5.74, 6) is -2.38. The molecule has 0 aliphatic carbocycles. The summed E-state index contributed by atoms with van der Waals surface area (Å²) in [6.07, 6.45) is 0. The first-order valence-corrected chi connectivity index (χ1v) is 12.8. The van der Waals surface area contributed by atoms with E-state index in [1.165, 1.54) is 20.2 Å². The van der Waals surface area contributed by atoms with Gasteiger partial charge in [-0.1, -0.05) is 69.3 Å². The molecule has 0 unspecified atom stereocenters. The van der Waals surface area contributed by atoms with E-state index in [9.17, 15) is 26.5 Å². The molecule has 0 heterocycles. The fourth-order valence-corrected chi connectivity index (χ4v) is 5.20. The number of carbonyl (C=O) groups is 1. The van der Waals surface area contributed by atoms with Gasteiger partial charge in [-0.05, 0) is 47.4 Å². The lowest BCUT2D eigenvalue weighted by Gasteiger charge is -2.19. The zero-order valence-electron chi connectivity index (χ0n) is 19.2. The monoisotopic (exact) mass is 508 g/mol. The summed E-state index contributed by atoms with van der Waals surface area (Å²) < 4.78 is 56.2. The lowest BCUT2D eigenvalue weighted by Crippen LogP contribution is -2.38. The largest absolute Gasteiger partial charge is 0.743 e. The maximum absolute atomic E-state index is 11.9. The van der Waals surface area contributed by atoms with E-state index >= 15 is 0 Å². The van der Waals surface area contributed by atoms with Crippen LogP contribution in [0.3, 0.4) is 0 Å². The Hall–Kier alpha value is -2.75. The summed E-state index contributed by atoms with van der Waals surface area (Å²) in [5, 5.41) is -5.00. The molecule has 0 fully saturated rings. The third-order valence-corrected chi connectivity index (χ3v) is 7.68. The third kappa shape index (κ3) is 6.88. The molecule has 5 nitrogen and oxygen atoms in total. The van der Waals surface area contributed by atoms with Crippen LogP contribution in [0.25, 0.3) is 0 Å². The summed E-state index contributed by atoms with van der Waals surface area (Å²) in [5.41, 5.74) is 1.57. The smallest absolute Gasteiger partial charge is 0.428 e. The van der Waals surface area contributed by atoms with Gasteiger partial charge in [-0.2, -0.15) is 8.78 Å². The van der Waals surface area contributed by atoms with Crippen LogP contribution < -0.4 is 0 Å². The minimum atomic E-state index is -5.97. The van der Waals surface area contributed by atoms with Crippen molar-refractivity contribution in [1.82, 2.24) is 0 Å². The van der Waals surface area contributed by atoms with E-state index in [-0.39, 0.29) is 16.3 Å². The standard InChI is InChI=1S/C22H23S.C3H4F2O5S/c1-22(2,3)18-14-16-21(17-15-18)23(19-10-6-4-7-11-19)20-12-8-5-9-13-20;1-10-2(6)3(4,5)11(7,8)9/h4-17H,1-3H3;1H3,(H,7,8,9)/q+1;/p-1. The predicted molar refractivity (Wildman–Crippen MR) is 127 cm³/mol. The summed E-state index contributed by atoms with van der Waals surface area (Å²) in [6.45, 7) is 6.78. The Labute approximate surface area is 201 Å². The number of esters is 1. The average Bonchev–Trinajstić information content (AvgIpc) is 2.79. The molecule has 3 aromatic carbocycles. The van der Waals surface area contributed by atoms with E-state index in [0.29, 0.717) is 7.11 Å². The number of alkyl halides is 2. The first-order valence-electron chi connectivity index (χ1n) is 10.2. The lowest BCUT2D eigenvalue weighted by molar-refractivity contribution is -0.158. The first kappa shape index (κ1) is 27.5. The van der Waals surface area contributed by atoms with Crippen molar-refractivity contribution < 1.29 is 31.3 Å². The molecular weight excluding hydrogens is 482 g/mol. The van der Waals surface area contributed by atoms with Crippen molar-refractivity contribution in [3.63, 3.8) is 0 Å². The predicted octanol–water partition coefficient (Wildman–Crippen LogP) is 5.38. The molecule has 0 spiro atoms.